The maximum absolute atomic E-state index is 12.4. The molecule has 0 aliphatic carbocycles. The van der Waals surface area contributed by atoms with Crippen molar-refractivity contribution in [1.82, 2.24) is 0 Å². The molecular weight excluding hydrogens is 395 g/mol. The number of carbonyl (C=O) groups is 1. The zero-order valence-corrected chi connectivity index (χ0v) is 14.5. The van der Waals surface area contributed by atoms with E-state index < -0.39 is 5.41 Å². The first-order chi connectivity index (χ1) is 8.87. The van der Waals surface area contributed by atoms with Crippen molar-refractivity contribution in [2.75, 3.05) is 5.32 Å². The van der Waals surface area contributed by atoms with Crippen LogP contribution in [0.5, 0.6) is 0 Å². The minimum absolute atomic E-state index is 0.201. The molecule has 0 fully saturated rings. The lowest BCUT2D eigenvalue weighted by Gasteiger charge is -2.29. The second kappa shape index (κ2) is 6.85. The Morgan fingerprint density at radius 3 is 2.47 bits per heavy atom. The number of halogens is 2. The van der Waals surface area contributed by atoms with E-state index in [0.717, 1.165) is 3.57 Å². The average Bonchev–Trinajstić information content (AvgIpc) is 2.34. The molecule has 19 heavy (non-hydrogen) atoms. The number of hydrogen-bond acceptors (Lipinski definition) is 2. The molecule has 1 aromatic carbocycles. The lowest BCUT2D eigenvalue weighted by Crippen LogP contribution is -2.45. The molecule has 1 aromatic rings. The fraction of sp³-hybridized carbons (Fsp3) is 0.385. The maximum atomic E-state index is 12.4. The second-order valence-electron chi connectivity index (χ2n) is 4.23. The van der Waals surface area contributed by atoms with Gasteiger partial charge in [-0.3, -0.25) is 4.79 Å². The third kappa shape index (κ3) is 3.58. The molecule has 1 amide bonds. The van der Waals surface area contributed by atoms with Crippen LogP contribution in [-0.4, -0.2) is 10.9 Å². The third-order valence-corrected chi connectivity index (χ3v) is 4.67. The number of amides is 1. The van der Waals surface area contributed by atoms with Crippen molar-refractivity contribution >= 4 is 63.0 Å². The van der Waals surface area contributed by atoms with Gasteiger partial charge in [0, 0.05) is 3.57 Å². The van der Waals surface area contributed by atoms with Crippen molar-refractivity contribution in [3.8, 4) is 0 Å². The Balaban J connectivity index is 3.03. The molecular formula is C13H16ClIN2OS. The van der Waals surface area contributed by atoms with E-state index in [0.29, 0.717) is 23.6 Å². The molecule has 0 aromatic heterocycles. The SMILES string of the molecule is CCC(CC)(C(=O)Nc1ccc(I)cc1Cl)C(N)=S. The molecule has 0 spiro atoms. The van der Waals surface area contributed by atoms with Crippen molar-refractivity contribution in [2.45, 2.75) is 26.7 Å². The quantitative estimate of drug-likeness (QED) is 0.570. The van der Waals surface area contributed by atoms with Gasteiger partial charge in [0.15, 0.2) is 0 Å². The average molecular weight is 411 g/mol. The summed E-state index contributed by atoms with van der Waals surface area (Å²) in [7, 11) is 0. The van der Waals surface area contributed by atoms with E-state index in [1.807, 2.05) is 19.9 Å². The Labute approximate surface area is 137 Å². The third-order valence-electron chi connectivity index (χ3n) is 3.29. The molecule has 6 heteroatoms. The van der Waals surface area contributed by atoms with Crippen LogP contribution in [0.15, 0.2) is 18.2 Å². The number of benzene rings is 1. The number of hydrogen-bond donors (Lipinski definition) is 2. The normalized spacial score (nSPS) is 11.2. The molecule has 0 saturated heterocycles. The first kappa shape index (κ1) is 16.7. The Hall–Kier alpha value is -0.400. The van der Waals surface area contributed by atoms with E-state index >= 15 is 0 Å². The van der Waals surface area contributed by atoms with Crippen LogP contribution < -0.4 is 11.1 Å². The standard InChI is InChI=1S/C13H16ClIN2OS/c1-3-13(4-2,11(16)19)12(18)17-10-6-5-8(15)7-9(10)14/h5-7H,3-4H2,1-2H3,(H2,16,19)(H,17,18). The highest BCUT2D eigenvalue weighted by Gasteiger charge is 2.38. The Morgan fingerprint density at radius 1 is 1.47 bits per heavy atom. The zero-order valence-electron chi connectivity index (χ0n) is 10.8. The summed E-state index contributed by atoms with van der Waals surface area (Å²) < 4.78 is 1.01. The molecule has 3 N–H and O–H groups in total. The van der Waals surface area contributed by atoms with Gasteiger partial charge in [-0.2, -0.15) is 0 Å². The molecule has 104 valence electrons. The Morgan fingerprint density at radius 2 is 2.05 bits per heavy atom. The number of carbonyl (C=O) groups excluding carboxylic acids is 1. The van der Waals surface area contributed by atoms with Crippen LogP contribution >= 0.6 is 46.4 Å². The minimum Gasteiger partial charge on any atom is -0.392 e. The molecule has 1 rings (SSSR count). The van der Waals surface area contributed by atoms with E-state index in [4.69, 9.17) is 29.6 Å². The summed E-state index contributed by atoms with van der Waals surface area (Å²) in [5, 5.41) is 3.32. The van der Waals surface area contributed by atoms with Crippen molar-refractivity contribution in [1.29, 1.82) is 0 Å². The van der Waals surface area contributed by atoms with Crippen LogP contribution in [0.25, 0.3) is 0 Å². The van der Waals surface area contributed by atoms with Gasteiger partial charge in [-0.05, 0) is 53.6 Å². The van der Waals surface area contributed by atoms with Gasteiger partial charge in [0.1, 0.15) is 0 Å². The monoisotopic (exact) mass is 410 g/mol. The smallest absolute Gasteiger partial charge is 0.237 e. The number of nitrogens with one attached hydrogen (secondary N) is 1. The lowest BCUT2D eigenvalue weighted by atomic mass is 9.81. The predicted molar refractivity (Wildman–Crippen MR) is 92.6 cm³/mol. The molecule has 0 aliphatic heterocycles. The summed E-state index contributed by atoms with van der Waals surface area (Å²) in [6.45, 7) is 3.80. The topological polar surface area (TPSA) is 55.1 Å². The summed E-state index contributed by atoms with van der Waals surface area (Å²) in [4.78, 5) is 12.7. The summed E-state index contributed by atoms with van der Waals surface area (Å²) in [6.07, 6.45) is 1.12. The molecule has 0 saturated carbocycles. The fourth-order valence-corrected chi connectivity index (χ4v) is 3.15. The van der Waals surface area contributed by atoms with Crippen molar-refractivity contribution in [2.24, 2.45) is 11.1 Å². The molecule has 0 aliphatic rings. The maximum Gasteiger partial charge on any atom is 0.237 e. The van der Waals surface area contributed by atoms with Gasteiger partial charge in [0.05, 0.1) is 21.1 Å². The largest absolute Gasteiger partial charge is 0.392 e. The Bertz CT molecular complexity index is 503. The fourth-order valence-electron chi connectivity index (χ4n) is 1.86. The Kier molecular flexibility index (Phi) is 6.01. The molecule has 0 radical (unpaired) electrons. The minimum atomic E-state index is -0.818. The summed E-state index contributed by atoms with van der Waals surface area (Å²) in [6, 6.07) is 5.44. The number of thiocarbonyl (C=S) groups is 1. The van der Waals surface area contributed by atoms with Crippen LogP contribution in [0.1, 0.15) is 26.7 Å². The van der Waals surface area contributed by atoms with E-state index in [2.05, 4.69) is 27.9 Å². The van der Waals surface area contributed by atoms with Crippen molar-refractivity contribution in [3.63, 3.8) is 0 Å². The van der Waals surface area contributed by atoms with E-state index in [-0.39, 0.29) is 10.9 Å². The van der Waals surface area contributed by atoms with E-state index in [1.54, 1.807) is 12.1 Å². The van der Waals surface area contributed by atoms with Gasteiger partial charge in [-0.25, -0.2) is 0 Å². The predicted octanol–water partition coefficient (Wildman–Crippen LogP) is 3.98. The highest BCUT2D eigenvalue weighted by atomic mass is 127. The highest BCUT2D eigenvalue weighted by Crippen LogP contribution is 2.31. The summed E-state index contributed by atoms with van der Waals surface area (Å²) in [5.41, 5.74) is 5.51. The summed E-state index contributed by atoms with van der Waals surface area (Å²) >= 11 is 13.3. The number of rotatable bonds is 5. The van der Waals surface area contributed by atoms with Crippen LogP contribution in [0.2, 0.25) is 5.02 Å². The molecule has 0 heterocycles. The van der Waals surface area contributed by atoms with Crippen molar-refractivity contribution < 1.29 is 4.79 Å². The van der Waals surface area contributed by atoms with Gasteiger partial charge in [-0.1, -0.05) is 37.7 Å². The summed E-state index contributed by atoms with van der Waals surface area (Å²) in [5.74, 6) is -0.201. The van der Waals surface area contributed by atoms with Gasteiger partial charge < -0.3 is 11.1 Å². The van der Waals surface area contributed by atoms with Gasteiger partial charge in [-0.15, -0.1) is 0 Å². The van der Waals surface area contributed by atoms with Crippen LogP contribution in [0, 0.1) is 8.99 Å². The molecule has 0 bridgehead atoms. The van der Waals surface area contributed by atoms with E-state index in [1.165, 1.54) is 0 Å². The second-order valence-corrected chi connectivity index (χ2v) is 6.32. The van der Waals surface area contributed by atoms with Crippen LogP contribution in [0.4, 0.5) is 5.69 Å². The highest BCUT2D eigenvalue weighted by molar-refractivity contribution is 14.1. The lowest BCUT2D eigenvalue weighted by molar-refractivity contribution is -0.122. The first-order valence-electron chi connectivity index (χ1n) is 5.93. The molecule has 0 atom stereocenters. The zero-order chi connectivity index (χ0) is 14.6. The van der Waals surface area contributed by atoms with Gasteiger partial charge in [0.25, 0.3) is 0 Å². The molecule has 0 unspecified atom stereocenters. The number of nitrogens with two attached hydrogens (primary N) is 1. The molecule has 3 nitrogen and oxygen atoms in total. The number of anilines is 1. The van der Waals surface area contributed by atoms with Crippen LogP contribution in [-0.2, 0) is 4.79 Å². The van der Waals surface area contributed by atoms with E-state index in [9.17, 15) is 4.79 Å². The first-order valence-corrected chi connectivity index (χ1v) is 7.80. The van der Waals surface area contributed by atoms with Gasteiger partial charge >= 0.3 is 0 Å². The van der Waals surface area contributed by atoms with Crippen LogP contribution in [0.3, 0.4) is 0 Å². The van der Waals surface area contributed by atoms with Gasteiger partial charge in [0.2, 0.25) is 5.91 Å². The van der Waals surface area contributed by atoms with Crippen molar-refractivity contribution in [3.05, 3.63) is 26.8 Å².